The minimum absolute atomic E-state index is 0.00480. The number of hydrogen-bond donors (Lipinski definition) is 5. The Kier molecular flexibility index (Phi) is 8.16. The first-order valence-electron chi connectivity index (χ1n) is 10.8. The molecule has 0 spiro atoms. The SMILES string of the molecule is COc1c(C)c2c(c(OC3OC(CO)C(O)C(O)C3O)c1C/C=C(\C)CCC(=O)O)C(=O)OC2. The Bertz CT molecular complexity index is 968. The molecule has 5 N–H and O–H groups in total. The Morgan fingerprint density at radius 2 is 1.85 bits per heavy atom. The predicted molar refractivity (Wildman–Crippen MR) is 116 cm³/mol. The molecule has 1 aromatic rings. The summed E-state index contributed by atoms with van der Waals surface area (Å²) in [6, 6.07) is 0. The van der Waals surface area contributed by atoms with Crippen molar-refractivity contribution in [2.45, 2.75) is 70.4 Å². The van der Waals surface area contributed by atoms with Crippen molar-refractivity contribution in [1.82, 2.24) is 0 Å². The van der Waals surface area contributed by atoms with Crippen LogP contribution in [0.25, 0.3) is 0 Å². The van der Waals surface area contributed by atoms with Crippen molar-refractivity contribution in [3.63, 3.8) is 0 Å². The molecule has 0 aliphatic carbocycles. The number of cyclic esters (lactones) is 1. The van der Waals surface area contributed by atoms with Crippen LogP contribution in [0.1, 0.15) is 46.8 Å². The van der Waals surface area contributed by atoms with Crippen LogP contribution in [-0.2, 0) is 27.3 Å². The number of aliphatic hydroxyl groups excluding tert-OH is 4. The summed E-state index contributed by atoms with van der Waals surface area (Å²) in [6.45, 7) is 2.90. The van der Waals surface area contributed by atoms with Gasteiger partial charge in [0.25, 0.3) is 0 Å². The topological polar surface area (TPSA) is 172 Å². The molecule has 5 unspecified atom stereocenters. The number of aliphatic hydroxyl groups is 4. The zero-order valence-electron chi connectivity index (χ0n) is 19.2. The van der Waals surface area contributed by atoms with E-state index in [4.69, 9.17) is 24.1 Å². The smallest absolute Gasteiger partial charge is 0.342 e. The number of esters is 1. The lowest BCUT2D eigenvalue weighted by Gasteiger charge is -2.40. The number of ether oxygens (including phenoxy) is 4. The quantitative estimate of drug-likeness (QED) is 0.240. The van der Waals surface area contributed by atoms with Gasteiger partial charge in [-0.25, -0.2) is 4.79 Å². The molecule has 0 radical (unpaired) electrons. The van der Waals surface area contributed by atoms with Crippen LogP contribution in [0.3, 0.4) is 0 Å². The average Bonchev–Trinajstić information content (AvgIpc) is 3.20. The summed E-state index contributed by atoms with van der Waals surface area (Å²) in [5.41, 5.74) is 2.56. The number of fused-ring (bicyclic) bond motifs is 1. The number of carboxylic acid groups (broad SMARTS) is 1. The highest BCUT2D eigenvalue weighted by Gasteiger charge is 2.46. The van der Waals surface area contributed by atoms with Crippen molar-refractivity contribution in [3.05, 3.63) is 33.9 Å². The minimum Gasteiger partial charge on any atom is -0.496 e. The van der Waals surface area contributed by atoms with Gasteiger partial charge >= 0.3 is 11.9 Å². The Hall–Kier alpha value is -2.70. The van der Waals surface area contributed by atoms with Crippen molar-refractivity contribution in [2.75, 3.05) is 13.7 Å². The Balaban J connectivity index is 2.06. The molecule has 5 atom stereocenters. The highest BCUT2D eigenvalue weighted by atomic mass is 16.7. The van der Waals surface area contributed by atoms with E-state index in [9.17, 15) is 30.0 Å². The third-order valence-corrected chi connectivity index (χ3v) is 6.10. The minimum atomic E-state index is -1.68. The maximum atomic E-state index is 12.6. The van der Waals surface area contributed by atoms with Crippen LogP contribution in [0.2, 0.25) is 0 Å². The number of carbonyl (C=O) groups is 2. The number of carboxylic acids is 1. The molecule has 11 heteroatoms. The fraction of sp³-hybridized carbons (Fsp3) is 0.565. The van der Waals surface area contributed by atoms with Crippen molar-refractivity contribution in [3.8, 4) is 11.5 Å². The van der Waals surface area contributed by atoms with Crippen molar-refractivity contribution >= 4 is 11.9 Å². The van der Waals surface area contributed by atoms with Crippen molar-refractivity contribution in [1.29, 1.82) is 0 Å². The van der Waals surface area contributed by atoms with Crippen molar-refractivity contribution < 1.29 is 54.1 Å². The molecule has 3 rings (SSSR count). The van der Waals surface area contributed by atoms with Crippen LogP contribution in [-0.4, -0.2) is 81.9 Å². The second-order valence-corrected chi connectivity index (χ2v) is 8.36. The second-order valence-electron chi connectivity index (χ2n) is 8.36. The maximum Gasteiger partial charge on any atom is 0.342 e. The fourth-order valence-corrected chi connectivity index (χ4v) is 4.10. The summed E-state index contributed by atoms with van der Waals surface area (Å²) in [4.78, 5) is 23.5. The molecule has 11 nitrogen and oxygen atoms in total. The first kappa shape index (κ1) is 25.9. The van der Waals surface area contributed by atoms with Gasteiger partial charge in [-0.1, -0.05) is 11.6 Å². The van der Waals surface area contributed by atoms with E-state index in [0.717, 1.165) is 5.57 Å². The second kappa shape index (κ2) is 10.7. The summed E-state index contributed by atoms with van der Waals surface area (Å²) < 4.78 is 22.2. The van der Waals surface area contributed by atoms with Gasteiger partial charge in [-0.05, 0) is 32.3 Å². The highest BCUT2D eigenvalue weighted by Crippen LogP contribution is 2.44. The maximum absolute atomic E-state index is 12.6. The lowest BCUT2D eigenvalue weighted by atomic mass is 9.94. The molecule has 2 heterocycles. The van der Waals surface area contributed by atoms with Gasteiger partial charge in [0.05, 0.1) is 13.7 Å². The van der Waals surface area contributed by atoms with E-state index in [2.05, 4.69) is 0 Å². The van der Waals surface area contributed by atoms with E-state index in [1.54, 1.807) is 19.9 Å². The third-order valence-electron chi connectivity index (χ3n) is 6.10. The van der Waals surface area contributed by atoms with E-state index in [1.165, 1.54) is 7.11 Å². The first-order chi connectivity index (χ1) is 16.1. The zero-order chi connectivity index (χ0) is 25.2. The van der Waals surface area contributed by atoms with Crippen LogP contribution >= 0.6 is 0 Å². The zero-order valence-corrected chi connectivity index (χ0v) is 19.2. The molecule has 2 aliphatic rings. The third kappa shape index (κ3) is 5.03. The van der Waals surface area contributed by atoms with Crippen LogP contribution in [0.4, 0.5) is 0 Å². The van der Waals surface area contributed by atoms with Gasteiger partial charge in [-0.15, -0.1) is 0 Å². The average molecular weight is 482 g/mol. The molecule has 0 saturated carbocycles. The number of methoxy groups -OCH3 is 1. The first-order valence-corrected chi connectivity index (χ1v) is 10.8. The van der Waals surface area contributed by atoms with E-state index in [-0.39, 0.29) is 30.8 Å². The summed E-state index contributed by atoms with van der Waals surface area (Å²) in [5, 5.41) is 49.0. The number of carbonyl (C=O) groups excluding carboxylic acids is 1. The molecule has 0 bridgehead atoms. The Labute approximate surface area is 196 Å². The van der Waals surface area contributed by atoms with Gasteiger partial charge in [0, 0.05) is 17.5 Å². The normalized spacial score (nSPS) is 26.7. The monoisotopic (exact) mass is 482 g/mol. The van der Waals surface area contributed by atoms with Gasteiger partial charge in [0.1, 0.15) is 48.1 Å². The predicted octanol–water partition coefficient (Wildman–Crippen LogP) is 0.206. The number of allylic oxidation sites excluding steroid dienone is 2. The van der Waals surface area contributed by atoms with Crippen LogP contribution in [0.5, 0.6) is 11.5 Å². The molecular weight excluding hydrogens is 452 g/mol. The van der Waals surface area contributed by atoms with Gasteiger partial charge in [0.2, 0.25) is 6.29 Å². The van der Waals surface area contributed by atoms with Gasteiger partial charge < -0.3 is 44.5 Å². The molecule has 2 aliphatic heterocycles. The van der Waals surface area contributed by atoms with E-state index in [0.29, 0.717) is 28.9 Å². The molecule has 34 heavy (non-hydrogen) atoms. The van der Waals surface area contributed by atoms with Crippen LogP contribution in [0.15, 0.2) is 11.6 Å². The van der Waals surface area contributed by atoms with E-state index in [1.807, 2.05) is 0 Å². The number of aliphatic carboxylic acids is 1. The summed E-state index contributed by atoms with van der Waals surface area (Å²) in [7, 11) is 1.45. The number of rotatable bonds is 9. The Morgan fingerprint density at radius 3 is 2.47 bits per heavy atom. The molecule has 1 aromatic carbocycles. The summed E-state index contributed by atoms with van der Waals surface area (Å²) in [5.74, 6) is -1.13. The molecular formula is C23H30O11. The largest absolute Gasteiger partial charge is 0.496 e. The molecule has 188 valence electrons. The van der Waals surface area contributed by atoms with Gasteiger partial charge in [-0.3, -0.25) is 4.79 Å². The van der Waals surface area contributed by atoms with Crippen LogP contribution in [0, 0.1) is 6.92 Å². The molecule has 1 saturated heterocycles. The Morgan fingerprint density at radius 1 is 1.15 bits per heavy atom. The fourth-order valence-electron chi connectivity index (χ4n) is 4.10. The van der Waals surface area contributed by atoms with E-state index < -0.39 is 49.3 Å². The molecule has 0 amide bonds. The van der Waals surface area contributed by atoms with E-state index >= 15 is 0 Å². The summed E-state index contributed by atoms with van der Waals surface area (Å²) >= 11 is 0. The van der Waals surface area contributed by atoms with Crippen molar-refractivity contribution in [2.24, 2.45) is 0 Å². The molecule has 1 fully saturated rings. The van der Waals surface area contributed by atoms with Gasteiger partial charge in [-0.2, -0.15) is 0 Å². The summed E-state index contributed by atoms with van der Waals surface area (Å²) in [6.07, 6.45) is -5.36. The lowest BCUT2D eigenvalue weighted by Crippen LogP contribution is -2.60. The number of benzene rings is 1. The highest BCUT2D eigenvalue weighted by molar-refractivity contribution is 5.98. The number of hydrogen-bond acceptors (Lipinski definition) is 10. The lowest BCUT2D eigenvalue weighted by molar-refractivity contribution is -0.277. The molecule has 0 aromatic heterocycles. The van der Waals surface area contributed by atoms with Gasteiger partial charge in [0.15, 0.2) is 0 Å². The standard InChI is InChI=1S/C23H30O11/c1-10(5-7-15(25)26)4-6-12-20(31-3)11(2)13-9-32-22(30)16(13)21(12)34-23-19(29)18(28)17(27)14(8-24)33-23/h4,14,17-19,23-24,27-29H,5-9H2,1-3H3,(H,25,26)/b10-4+. The van der Waals surface area contributed by atoms with Crippen LogP contribution < -0.4 is 9.47 Å².